The van der Waals surface area contributed by atoms with Crippen LogP contribution in [0.4, 0.5) is 10.1 Å². The minimum atomic E-state index is -0.373. The number of nitrogens with zero attached hydrogens (tertiary/aromatic N) is 1. The highest BCUT2D eigenvalue weighted by atomic mass is 19.1. The van der Waals surface area contributed by atoms with Crippen molar-refractivity contribution in [2.24, 2.45) is 5.92 Å². The first-order valence-corrected chi connectivity index (χ1v) is 9.00. The minimum absolute atomic E-state index is 0.105. The van der Waals surface area contributed by atoms with Gasteiger partial charge in [0, 0.05) is 31.1 Å². The molecule has 2 amide bonds. The molecule has 4 nitrogen and oxygen atoms in total. The monoisotopic (exact) mass is 354 g/mol. The third-order valence-electron chi connectivity index (χ3n) is 4.78. The van der Waals surface area contributed by atoms with Crippen LogP contribution in [0.1, 0.15) is 24.8 Å². The predicted octanol–water partition coefficient (Wildman–Crippen LogP) is 3.64. The molecular weight excluding hydrogens is 331 g/mol. The summed E-state index contributed by atoms with van der Waals surface area (Å²) in [5.74, 6) is -0.483. The predicted molar refractivity (Wildman–Crippen MR) is 99.1 cm³/mol. The second-order valence-electron chi connectivity index (χ2n) is 6.64. The van der Waals surface area contributed by atoms with Crippen molar-refractivity contribution in [3.05, 3.63) is 66.0 Å². The van der Waals surface area contributed by atoms with Crippen molar-refractivity contribution in [2.45, 2.75) is 25.7 Å². The van der Waals surface area contributed by atoms with E-state index in [1.54, 1.807) is 12.1 Å². The number of carbonyl (C=O) groups excluding carboxylic acids is 2. The number of hydrogen-bond acceptors (Lipinski definition) is 2. The van der Waals surface area contributed by atoms with E-state index in [9.17, 15) is 14.0 Å². The zero-order valence-electron chi connectivity index (χ0n) is 14.7. The van der Waals surface area contributed by atoms with Gasteiger partial charge in [-0.2, -0.15) is 0 Å². The number of hydrogen-bond donors (Lipinski definition) is 1. The van der Waals surface area contributed by atoms with Crippen LogP contribution in [-0.2, 0) is 16.0 Å². The quantitative estimate of drug-likeness (QED) is 0.891. The number of amides is 2. The Kier molecular flexibility index (Phi) is 6.00. The van der Waals surface area contributed by atoms with Crippen LogP contribution in [-0.4, -0.2) is 29.8 Å². The van der Waals surface area contributed by atoms with Crippen molar-refractivity contribution in [3.8, 4) is 0 Å². The lowest BCUT2D eigenvalue weighted by atomic mass is 9.95. The molecule has 136 valence electrons. The van der Waals surface area contributed by atoms with Crippen molar-refractivity contribution >= 4 is 17.5 Å². The van der Waals surface area contributed by atoms with Crippen LogP contribution >= 0.6 is 0 Å². The smallest absolute Gasteiger partial charge is 0.227 e. The van der Waals surface area contributed by atoms with Gasteiger partial charge in [0.05, 0.1) is 0 Å². The van der Waals surface area contributed by atoms with Gasteiger partial charge < -0.3 is 10.2 Å². The minimum Gasteiger partial charge on any atom is -0.343 e. The lowest BCUT2D eigenvalue weighted by Crippen LogP contribution is -2.41. The highest BCUT2D eigenvalue weighted by Crippen LogP contribution is 2.21. The van der Waals surface area contributed by atoms with Crippen LogP contribution in [0.15, 0.2) is 54.6 Å². The summed E-state index contributed by atoms with van der Waals surface area (Å²) in [6.07, 6.45) is 2.50. The zero-order valence-corrected chi connectivity index (χ0v) is 14.7. The van der Waals surface area contributed by atoms with E-state index in [4.69, 9.17) is 0 Å². The molecule has 5 heteroatoms. The molecule has 0 unspecified atom stereocenters. The Morgan fingerprint density at radius 2 is 1.77 bits per heavy atom. The van der Waals surface area contributed by atoms with Crippen molar-refractivity contribution in [2.75, 3.05) is 18.4 Å². The first kappa shape index (κ1) is 18.1. The number of piperidine rings is 1. The summed E-state index contributed by atoms with van der Waals surface area (Å²) < 4.78 is 13.2. The molecule has 2 aromatic rings. The molecule has 0 radical (unpaired) electrons. The summed E-state index contributed by atoms with van der Waals surface area (Å²) in [6.45, 7) is 1.18. The molecule has 26 heavy (non-hydrogen) atoms. The molecule has 1 saturated heterocycles. The molecule has 1 heterocycles. The molecule has 1 N–H and O–H groups in total. The molecule has 1 fully saturated rings. The third-order valence-corrected chi connectivity index (χ3v) is 4.78. The third kappa shape index (κ3) is 4.91. The second kappa shape index (κ2) is 8.61. The Balaban J connectivity index is 1.44. The molecular formula is C21H23FN2O2. The van der Waals surface area contributed by atoms with Crippen LogP contribution in [0.3, 0.4) is 0 Å². The Hall–Kier alpha value is -2.69. The Labute approximate surface area is 153 Å². The molecule has 0 aliphatic carbocycles. The number of benzene rings is 2. The maximum Gasteiger partial charge on any atom is 0.227 e. The summed E-state index contributed by atoms with van der Waals surface area (Å²) >= 11 is 0. The number of carbonyl (C=O) groups is 2. The summed E-state index contributed by atoms with van der Waals surface area (Å²) in [4.78, 5) is 26.5. The fourth-order valence-electron chi connectivity index (χ4n) is 3.26. The van der Waals surface area contributed by atoms with E-state index in [1.165, 1.54) is 12.1 Å². The summed E-state index contributed by atoms with van der Waals surface area (Å²) in [5, 5.41) is 2.76. The van der Waals surface area contributed by atoms with E-state index >= 15 is 0 Å². The maximum absolute atomic E-state index is 13.2. The van der Waals surface area contributed by atoms with Gasteiger partial charge in [-0.15, -0.1) is 0 Å². The Morgan fingerprint density at radius 1 is 1.04 bits per heavy atom. The first-order chi connectivity index (χ1) is 12.6. The fourth-order valence-corrected chi connectivity index (χ4v) is 3.26. The van der Waals surface area contributed by atoms with Gasteiger partial charge in [0.15, 0.2) is 0 Å². The summed E-state index contributed by atoms with van der Waals surface area (Å²) in [6, 6.07) is 15.8. The van der Waals surface area contributed by atoms with Crippen LogP contribution in [0.2, 0.25) is 0 Å². The van der Waals surface area contributed by atoms with Gasteiger partial charge in [0.25, 0.3) is 0 Å². The standard InChI is InChI=1S/C21H23FN2O2/c22-18-7-4-8-19(15-18)23-21(26)17-11-13-24(14-12-17)20(25)10-9-16-5-2-1-3-6-16/h1-8,15,17H,9-14H2,(H,23,26). The molecule has 0 bridgehead atoms. The maximum atomic E-state index is 13.2. The van der Waals surface area contributed by atoms with E-state index < -0.39 is 0 Å². The average molecular weight is 354 g/mol. The SMILES string of the molecule is O=C(Nc1cccc(F)c1)C1CCN(C(=O)CCc2ccccc2)CC1. The lowest BCUT2D eigenvalue weighted by molar-refractivity contribution is -0.134. The molecule has 1 aliphatic rings. The average Bonchev–Trinajstić information content (AvgIpc) is 2.67. The van der Waals surface area contributed by atoms with Crippen LogP contribution in [0, 0.1) is 11.7 Å². The van der Waals surface area contributed by atoms with Gasteiger partial charge in [0.1, 0.15) is 5.82 Å². The first-order valence-electron chi connectivity index (χ1n) is 9.00. The Bertz CT molecular complexity index is 756. The highest BCUT2D eigenvalue weighted by molar-refractivity contribution is 5.92. The van der Waals surface area contributed by atoms with Gasteiger partial charge in [-0.25, -0.2) is 4.39 Å². The Morgan fingerprint density at radius 3 is 2.46 bits per heavy atom. The van der Waals surface area contributed by atoms with Gasteiger partial charge in [0.2, 0.25) is 11.8 Å². The number of rotatable bonds is 5. The van der Waals surface area contributed by atoms with Crippen molar-refractivity contribution < 1.29 is 14.0 Å². The van der Waals surface area contributed by atoms with Crippen LogP contribution in [0.25, 0.3) is 0 Å². The summed E-state index contributed by atoms with van der Waals surface area (Å²) in [5.41, 5.74) is 1.63. The topological polar surface area (TPSA) is 49.4 Å². The molecule has 0 aromatic heterocycles. The molecule has 2 aromatic carbocycles. The summed E-state index contributed by atoms with van der Waals surface area (Å²) in [7, 11) is 0. The van der Waals surface area contributed by atoms with Gasteiger partial charge in [-0.05, 0) is 43.0 Å². The van der Waals surface area contributed by atoms with Gasteiger partial charge in [-0.3, -0.25) is 9.59 Å². The second-order valence-corrected chi connectivity index (χ2v) is 6.64. The number of halogens is 1. The molecule has 3 rings (SSSR count). The molecule has 0 saturated carbocycles. The van der Waals surface area contributed by atoms with Crippen molar-refractivity contribution in [1.82, 2.24) is 4.90 Å². The van der Waals surface area contributed by atoms with E-state index in [0.717, 1.165) is 12.0 Å². The number of aryl methyl sites for hydroxylation is 1. The van der Waals surface area contributed by atoms with Gasteiger partial charge in [-0.1, -0.05) is 36.4 Å². The van der Waals surface area contributed by atoms with E-state index in [2.05, 4.69) is 5.32 Å². The lowest BCUT2D eigenvalue weighted by Gasteiger charge is -2.31. The number of anilines is 1. The normalized spacial score (nSPS) is 14.9. The van der Waals surface area contributed by atoms with Crippen molar-refractivity contribution in [1.29, 1.82) is 0 Å². The van der Waals surface area contributed by atoms with Crippen molar-refractivity contribution in [3.63, 3.8) is 0 Å². The number of likely N-dealkylation sites (tertiary alicyclic amines) is 1. The van der Waals surface area contributed by atoms with E-state index in [-0.39, 0.29) is 23.5 Å². The molecule has 1 aliphatic heterocycles. The highest BCUT2D eigenvalue weighted by Gasteiger charge is 2.27. The molecule has 0 spiro atoms. The van der Waals surface area contributed by atoms with Gasteiger partial charge >= 0.3 is 0 Å². The number of nitrogens with one attached hydrogen (secondary N) is 1. The van der Waals surface area contributed by atoms with E-state index in [1.807, 2.05) is 35.2 Å². The fraction of sp³-hybridized carbons (Fsp3) is 0.333. The van der Waals surface area contributed by atoms with Crippen LogP contribution < -0.4 is 5.32 Å². The zero-order chi connectivity index (χ0) is 18.4. The van der Waals surface area contributed by atoms with Crippen LogP contribution in [0.5, 0.6) is 0 Å². The molecule has 0 atom stereocenters. The largest absolute Gasteiger partial charge is 0.343 e. The van der Waals surface area contributed by atoms with E-state index in [0.29, 0.717) is 38.0 Å².